The van der Waals surface area contributed by atoms with Crippen LogP contribution < -0.4 is 5.73 Å². The number of allylic oxidation sites excluding steroid dienone is 3. The topological polar surface area (TPSA) is 195 Å². The Labute approximate surface area is 840 Å². The van der Waals surface area contributed by atoms with Crippen molar-refractivity contribution in [3.05, 3.63) is 465 Å². The maximum Gasteiger partial charge on any atom is 0.227 e. The summed E-state index contributed by atoms with van der Waals surface area (Å²) in [6.07, 6.45) is 14.0. The first-order valence-electron chi connectivity index (χ1n) is 48.9. The zero-order valence-electron chi connectivity index (χ0n) is 80.2. The summed E-state index contributed by atoms with van der Waals surface area (Å²) in [5.41, 5.74) is 50.9. The third-order valence-electron chi connectivity index (χ3n) is 28.2. The van der Waals surface area contributed by atoms with Crippen molar-refractivity contribution in [3.8, 4) is 179 Å². The third-order valence-corrected chi connectivity index (χ3v) is 28.2. The van der Waals surface area contributed by atoms with Crippen molar-refractivity contribution < 1.29 is 17.7 Å². The number of furan rings is 4. The Morgan fingerprint density at radius 3 is 0.726 bits per heavy atom. The first-order valence-corrected chi connectivity index (χ1v) is 48.9. The van der Waals surface area contributed by atoms with E-state index in [0.717, 1.165) is 278 Å². The van der Waals surface area contributed by atoms with Crippen LogP contribution in [-0.4, -0.2) is 44.9 Å². The highest BCUT2D eigenvalue weighted by Crippen LogP contribution is 2.49. The van der Waals surface area contributed by atoms with E-state index < -0.39 is 0 Å². The predicted molar refractivity (Wildman–Crippen MR) is 594 cm³/mol. The van der Waals surface area contributed by atoms with Gasteiger partial charge in [0.15, 0.2) is 0 Å². The molecule has 146 heavy (non-hydrogen) atoms. The van der Waals surface area contributed by atoms with Crippen molar-refractivity contribution in [3.63, 3.8) is 0 Å². The van der Waals surface area contributed by atoms with E-state index in [9.17, 15) is 0 Å². The molecule has 13 heterocycles. The molecule has 0 unspecified atom stereocenters. The van der Waals surface area contributed by atoms with Gasteiger partial charge in [0.2, 0.25) is 22.9 Å². The van der Waals surface area contributed by atoms with E-state index in [-0.39, 0.29) is 0 Å². The van der Waals surface area contributed by atoms with Crippen LogP contribution in [0.3, 0.4) is 0 Å². The highest BCUT2D eigenvalue weighted by atomic mass is 16.4. The lowest BCUT2D eigenvalue weighted by molar-refractivity contribution is 0.651. The summed E-state index contributed by atoms with van der Waals surface area (Å²) in [7, 11) is 0. The van der Waals surface area contributed by atoms with Crippen LogP contribution in [0.25, 0.3) is 278 Å². The molecule has 0 aliphatic rings. The van der Waals surface area contributed by atoms with Crippen LogP contribution in [-0.2, 0) is 0 Å². The smallest absolute Gasteiger partial charge is 0.227 e. The lowest BCUT2D eigenvalue weighted by Gasteiger charge is -2.18. The number of aromatic nitrogens is 9. The van der Waals surface area contributed by atoms with Gasteiger partial charge in [-0.25, -0.2) is 19.9 Å². The standard InChI is InChI=1S/C132H88N10O4/c1-77(42-60-119(133)115-38-18-34-107-111-56-43-78(2)139-129(111)143-125(107)115)95-22-6-7-28-101(95)89-66-90(68-91(67-89)103-30-15-10-25-98(103)86-53-63-122(136-74-86)116-39-19-35-108-112-57-44-79(3)140-130(112)144-126(108)116)102-29-13-8-23-96(102)84-51-61-120(134-72-84)82-47-49-83(50-48-82)121-62-52-85(73-135-121)97-24-9-14-31-104(97)92-69-93(105-32-16-11-26-99(105)87-54-64-123(137-75-87)117-40-20-36-109-113-58-45-80(4)141-131(113)145-127(109)117)71-94(70-92)106-33-17-12-27-100(106)88-55-65-124(138-76-88)118-41-21-37-110-114-59-46-81(5)142-132(114)146-128(110)118/h6-76H,133H2,1-5H3/b77-42+,119-60-. The van der Waals surface area contributed by atoms with E-state index in [1.54, 1.807) is 0 Å². The van der Waals surface area contributed by atoms with Gasteiger partial charge in [-0.15, -0.1) is 0 Å². The third kappa shape index (κ3) is 15.8. The van der Waals surface area contributed by atoms with E-state index in [1.807, 2.05) is 101 Å². The number of nitrogens with two attached hydrogens (primary N) is 1. The lowest BCUT2D eigenvalue weighted by atomic mass is 9.86. The van der Waals surface area contributed by atoms with Gasteiger partial charge in [0, 0.05) is 164 Å². The van der Waals surface area contributed by atoms with Crippen molar-refractivity contribution in [1.82, 2.24) is 44.9 Å². The number of fused-ring (bicyclic) bond motifs is 12. The first-order chi connectivity index (χ1) is 71.8. The Hall–Kier alpha value is -19.3. The van der Waals surface area contributed by atoms with Gasteiger partial charge >= 0.3 is 0 Å². The Balaban J connectivity index is 0.515. The number of aryl methyl sites for hydroxylation is 4. The van der Waals surface area contributed by atoms with E-state index in [1.165, 1.54) is 0 Å². The van der Waals surface area contributed by atoms with Crippen LogP contribution in [0, 0.1) is 27.7 Å². The molecule has 0 spiro atoms. The molecule has 13 aromatic carbocycles. The van der Waals surface area contributed by atoms with Crippen molar-refractivity contribution in [2.24, 2.45) is 5.73 Å². The predicted octanol–water partition coefficient (Wildman–Crippen LogP) is 34.1. The molecule has 0 amide bonds. The molecule has 2 N–H and O–H groups in total. The quantitative estimate of drug-likeness (QED) is 0.0751. The molecule has 26 aromatic rings. The molecule has 0 aliphatic heterocycles. The molecule has 0 fully saturated rings. The van der Waals surface area contributed by atoms with Gasteiger partial charge in [0.05, 0.1) is 28.5 Å². The maximum atomic E-state index is 7.06. The monoisotopic (exact) mass is 1880 g/mol. The van der Waals surface area contributed by atoms with E-state index >= 15 is 0 Å². The van der Waals surface area contributed by atoms with Crippen molar-refractivity contribution >= 4 is 99.5 Å². The minimum Gasteiger partial charge on any atom is -0.437 e. The van der Waals surface area contributed by atoms with Gasteiger partial charge in [0.1, 0.15) is 22.3 Å². The van der Waals surface area contributed by atoms with E-state index in [0.29, 0.717) is 34.1 Å². The molecule has 0 saturated carbocycles. The molecule has 690 valence electrons. The summed E-state index contributed by atoms with van der Waals surface area (Å²) in [6, 6.07) is 137. The van der Waals surface area contributed by atoms with Crippen LogP contribution in [0.5, 0.6) is 0 Å². The first kappa shape index (κ1) is 87.0. The van der Waals surface area contributed by atoms with E-state index in [2.05, 4.69) is 365 Å². The molecular weight excluding hydrogens is 1790 g/mol. The number of hydrogen-bond donors (Lipinski definition) is 1. The van der Waals surface area contributed by atoms with E-state index in [4.69, 9.17) is 68.3 Å². The Kier molecular flexibility index (Phi) is 21.5. The highest BCUT2D eigenvalue weighted by molar-refractivity contribution is 6.12. The molecule has 14 heteroatoms. The Morgan fingerprint density at radius 2 is 0.432 bits per heavy atom. The van der Waals surface area contributed by atoms with Crippen LogP contribution in [0.4, 0.5) is 0 Å². The SMILES string of the molecule is C/C(=C\C=C(/N)c1cccc2c1oc1nc(C)ccc12)c1ccccc1-c1cc(-c2ccccc2-c2ccc(-c3ccc(-c4ccc(-c5ccccc5-c5cc(-c6ccccc6-c6ccc(-c7cccc8c7oc7nc(C)ccc78)nc6)cc(-c6ccccc6-c6ccc(-c7cccc8c7oc7nc(C)ccc78)nc6)c5)cn4)cc3)nc2)cc(-c2ccccc2-c2ccc(-c3cccc4c3oc3nc(C)ccc34)nc2)c1. The van der Waals surface area contributed by atoms with Crippen LogP contribution in [0.1, 0.15) is 40.8 Å². The summed E-state index contributed by atoms with van der Waals surface area (Å²) >= 11 is 0. The second-order valence-corrected chi connectivity index (χ2v) is 37.4. The summed E-state index contributed by atoms with van der Waals surface area (Å²) in [6.45, 7) is 10.1. The largest absolute Gasteiger partial charge is 0.437 e. The Bertz CT molecular complexity index is 9570. The number of hydrogen-bond acceptors (Lipinski definition) is 14. The molecule has 13 aromatic heterocycles. The van der Waals surface area contributed by atoms with Crippen molar-refractivity contribution in [1.29, 1.82) is 0 Å². The summed E-state index contributed by atoms with van der Waals surface area (Å²) in [5, 5.41) is 7.86. The number of benzene rings is 13. The maximum absolute atomic E-state index is 7.06. The highest BCUT2D eigenvalue weighted by Gasteiger charge is 2.26. The molecule has 0 atom stereocenters. The van der Waals surface area contributed by atoms with Crippen LogP contribution >= 0.6 is 0 Å². The van der Waals surface area contributed by atoms with Gasteiger partial charge in [-0.05, 0) is 286 Å². The molecule has 0 saturated heterocycles. The fourth-order valence-electron chi connectivity index (χ4n) is 20.9. The van der Waals surface area contributed by atoms with Crippen molar-refractivity contribution in [2.75, 3.05) is 0 Å². The zero-order valence-corrected chi connectivity index (χ0v) is 80.2. The fraction of sp³-hybridized carbons (Fsp3) is 0.0379. The number of pyridine rings is 9. The van der Waals surface area contributed by atoms with Crippen LogP contribution in [0.15, 0.2) is 449 Å². The van der Waals surface area contributed by atoms with Gasteiger partial charge in [-0.1, -0.05) is 255 Å². The zero-order chi connectivity index (χ0) is 97.7. The Morgan fingerprint density at radius 1 is 0.199 bits per heavy atom. The molecule has 26 rings (SSSR count). The number of nitrogens with zero attached hydrogens (tertiary/aromatic N) is 9. The number of para-hydroxylation sites is 4. The second-order valence-electron chi connectivity index (χ2n) is 37.4. The average molecular weight is 1880 g/mol. The fourth-order valence-corrected chi connectivity index (χ4v) is 20.9. The molecule has 14 nitrogen and oxygen atoms in total. The summed E-state index contributed by atoms with van der Waals surface area (Å²) in [5.74, 6) is 0. The molecule has 0 bridgehead atoms. The summed E-state index contributed by atoms with van der Waals surface area (Å²) in [4.78, 5) is 44.9. The summed E-state index contributed by atoms with van der Waals surface area (Å²) < 4.78 is 25.9. The normalized spacial score (nSPS) is 12.0. The second kappa shape index (κ2) is 36.1. The number of rotatable bonds is 19. The van der Waals surface area contributed by atoms with Gasteiger partial charge in [-0.3, -0.25) is 24.9 Å². The molecular formula is C132H88N10O4. The van der Waals surface area contributed by atoms with Gasteiger partial charge < -0.3 is 23.4 Å². The van der Waals surface area contributed by atoms with Gasteiger partial charge in [0.25, 0.3) is 0 Å². The lowest BCUT2D eigenvalue weighted by Crippen LogP contribution is -1.96. The van der Waals surface area contributed by atoms with Gasteiger partial charge in [-0.2, -0.15) is 0 Å². The average Bonchev–Trinajstić information content (AvgIpc) is 1.74. The van der Waals surface area contributed by atoms with Crippen molar-refractivity contribution in [2.45, 2.75) is 34.6 Å². The molecule has 0 radical (unpaired) electrons. The minimum absolute atomic E-state index is 0.579. The molecule has 0 aliphatic carbocycles. The minimum atomic E-state index is 0.579. The van der Waals surface area contributed by atoms with Crippen LogP contribution in [0.2, 0.25) is 0 Å².